The summed E-state index contributed by atoms with van der Waals surface area (Å²) in [6.07, 6.45) is 0. The Bertz CT molecular complexity index is 929. The summed E-state index contributed by atoms with van der Waals surface area (Å²) < 4.78 is 2.15. The van der Waals surface area contributed by atoms with Gasteiger partial charge in [-0.2, -0.15) is 0 Å². The number of nitrogens with two attached hydrogens (primary N) is 2. The van der Waals surface area contributed by atoms with Gasteiger partial charge in [0.25, 0.3) is 0 Å². The maximum atomic E-state index is 5.97. The Hall–Kier alpha value is -2.00. The van der Waals surface area contributed by atoms with Crippen LogP contribution in [0.1, 0.15) is 0 Å². The van der Waals surface area contributed by atoms with E-state index < -0.39 is 0 Å². The van der Waals surface area contributed by atoms with E-state index in [0.29, 0.717) is 10.3 Å². The molecule has 2 heterocycles. The van der Waals surface area contributed by atoms with Gasteiger partial charge < -0.3 is 11.5 Å². The van der Waals surface area contributed by atoms with Crippen molar-refractivity contribution in [2.24, 2.45) is 0 Å². The average Bonchev–Trinajstić information content (AvgIpc) is 3.23. The topological polar surface area (TPSA) is 77.8 Å². The van der Waals surface area contributed by atoms with E-state index in [2.05, 4.69) is 9.97 Å². The van der Waals surface area contributed by atoms with Crippen LogP contribution in [0, 0.1) is 0 Å². The molecule has 0 aliphatic carbocycles. The van der Waals surface area contributed by atoms with E-state index in [9.17, 15) is 0 Å². The highest BCUT2D eigenvalue weighted by molar-refractivity contribution is 8.77. The van der Waals surface area contributed by atoms with Gasteiger partial charge in [0.2, 0.25) is 0 Å². The molecular formula is C18H14N4S4. The number of rotatable bonds is 5. The summed E-state index contributed by atoms with van der Waals surface area (Å²) in [6.45, 7) is 0. The Morgan fingerprint density at radius 3 is 1.38 bits per heavy atom. The van der Waals surface area contributed by atoms with Crippen molar-refractivity contribution in [3.05, 3.63) is 60.7 Å². The van der Waals surface area contributed by atoms with Gasteiger partial charge in [0.15, 0.2) is 10.3 Å². The fourth-order valence-corrected chi connectivity index (χ4v) is 7.14. The Balaban J connectivity index is 1.62. The van der Waals surface area contributed by atoms with Crippen LogP contribution in [0.25, 0.3) is 22.5 Å². The van der Waals surface area contributed by atoms with Gasteiger partial charge in [0, 0.05) is 11.1 Å². The number of anilines is 2. The molecule has 0 saturated heterocycles. The highest BCUT2D eigenvalue weighted by Crippen LogP contribution is 2.50. The molecule has 0 atom stereocenters. The molecule has 0 amide bonds. The third-order valence-corrected chi connectivity index (χ3v) is 8.53. The molecule has 0 spiro atoms. The van der Waals surface area contributed by atoms with Crippen LogP contribution in [0.2, 0.25) is 0 Å². The van der Waals surface area contributed by atoms with Crippen molar-refractivity contribution in [2.45, 2.75) is 8.42 Å². The number of thiazole rings is 2. The molecule has 0 aliphatic heterocycles. The first-order valence-electron chi connectivity index (χ1n) is 7.68. The molecule has 0 saturated carbocycles. The first-order chi connectivity index (χ1) is 12.7. The fraction of sp³-hybridized carbons (Fsp3) is 0. The van der Waals surface area contributed by atoms with E-state index in [-0.39, 0.29) is 0 Å². The molecule has 26 heavy (non-hydrogen) atoms. The lowest BCUT2D eigenvalue weighted by Gasteiger charge is -2.03. The van der Waals surface area contributed by atoms with Crippen LogP contribution in [0.5, 0.6) is 0 Å². The molecule has 0 unspecified atom stereocenters. The SMILES string of the molecule is Nc1nc(-c2ccccc2)c(SSc2sc(N)nc2-c2ccccc2)s1. The highest BCUT2D eigenvalue weighted by atomic mass is 33.1. The molecule has 0 bridgehead atoms. The number of hydrogen-bond acceptors (Lipinski definition) is 8. The molecule has 8 heteroatoms. The maximum Gasteiger partial charge on any atom is 0.181 e. The average molecular weight is 415 g/mol. The number of nitrogens with zero attached hydrogens (tertiary/aromatic N) is 2. The minimum Gasteiger partial charge on any atom is -0.375 e. The van der Waals surface area contributed by atoms with Crippen LogP contribution < -0.4 is 11.5 Å². The minimum absolute atomic E-state index is 0.569. The Morgan fingerprint density at radius 2 is 1.00 bits per heavy atom. The summed E-state index contributed by atoms with van der Waals surface area (Å²) >= 11 is 3.00. The molecule has 4 rings (SSSR count). The minimum atomic E-state index is 0.569. The van der Waals surface area contributed by atoms with Crippen molar-refractivity contribution in [3.8, 4) is 22.5 Å². The lowest BCUT2D eigenvalue weighted by molar-refractivity contribution is 1.37. The molecule has 2 aromatic heterocycles. The van der Waals surface area contributed by atoms with Crippen molar-refractivity contribution in [2.75, 3.05) is 11.5 Å². The van der Waals surface area contributed by atoms with E-state index in [1.165, 1.54) is 22.7 Å². The molecule has 2 aromatic carbocycles. The maximum absolute atomic E-state index is 5.97. The fourth-order valence-electron chi connectivity index (χ4n) is 2.39. The predicted octanol–water partition coefficient (Wildman–Crippen LogP) is 5.90. The molecule has 4 nitrogen and oxygen atoms in total. The van der Waals surface area contributed by atoms with Crippen molar-refractivity contribution in [1.29, 1.82) is 0 Å². The molecule has 130 valence electrons. The van der Waals surface area contributed by atoms with Crippen molar-refractivity contribution < 1.29 is 0 Å². The van der Waals surface area contributed by atoms with Crippen molar-refractivity contribution in [3.63, 3.8) is 0 Å². The second-order valence-corrected chi connectivity index (χ2v) is 10.0. The van der Waals surface area contributed by atoms with Gasteiger partial charge in [-0.3, -0.25) is 0 Å². The lowest BCUT2D eigenvalue weighted by atomic mass is 10.2. The summed E-state index contributed by atoms with van der Waals surface area (Å²) in [4.78, 5) is 9.01. The second-order valence-electron chi connectivity index (χ2n) is 5.28. The monoisotopic (exact) mass is 414 g/mol. The van der Waals surface area contributed by atoms with Gasteiger partial charge in [-0.25, -0.2) is 9.97 Å². The van der Waals surface area contributed by atoms with Gasteiger partial charge in [0.05, 0.1) is 11.4 Å². The summed E-state index contributed by atoms with van der Waals surface area (Å²) in [7, 11) is 3.29. The van der Waals surface area contributed by atoms with E-state index in [1.54, 1.807) is 21.6 Å². The van der Waals surface area contributed by atoms with Crippen LogP contribution in [-0.4, -0.2) is 9.97 Å². The molecule has 0 radical (unpaired) electrons. The van der Waals surface area contributed by atoms with Gasteiger partial charge in [0.1, 0.15) is 8.42 Å². The number of nitrogen functional groups attached to an aromatic ring is 2. The van der Waals surface area contributed by atoms with E-state index >= 15 is 0 Å². The zero-order chi connectivity index (χ0) is 17.9. The Labute approximate surface area is 167 Å². The van der Waals surface area contributed by atoms with Gasteiger partial charge in [-0.1, -0.05) is 83.3 Å². The van der Waals surface area contributed by atoms with Gasteiger partial charge in [-0.15, -0.1) is 0 Å². The second kappa shape index (κ2) is 7.71. The van der Waals surface area contributed by atoms with E-state index in [1.807, 2.05) is 60.7 Å². The van der Waals surface area contributed by atoms with Crippen molar-refractivity contribution >= 4 is 54.5 Å². The first kappa shape index (κ1) is 17.4. The summed E-state index contributed by atoms with van der Waals surface area (Å²) in [5.41, 5.74) is 15.9. The van der Waals surface area contributed by atoms with E-state index in [4.69, 9.17) is 11.5 Å². The zero-order valence-electron chi connectivity index (χ0n) is 13.5. The highest BCUT2D eigenvalue weighted by Gasteiger charge is 2.17. The third kappa shape index (κ3) is 3.73. The standard InChI is InChI=1S/C18H14N4S4/c19-17-21-13(11-7-3-1-4-8-11)15(23-17)25-26-16-14(22-18(20)24-16)12-9-5-2-6-10-12/h1-10H,(H2,19,21)(H2,20,22). The smallest absolute Gasteiger partial charge is 0.181 e. The predicted molar refractivity (Wildman–Crippen MR) is 116 cm³/mol. The van der Waals surface area contributed by atoms with Crippen LogP contribution in [0.4, 0.5) is 10.3 Å². The molecule has 4 aromatic rings. The van der Waals surface area contributed by atoms with Gasteiger partial charge in [-0.05, 0) is 21.6 Å². The van der Waals surface area contributed by atoms with Crippen LogP contribution in [0.15, 0.2) is 69.1 Å². The largest absolute Gasteiger partial charge is 0.375 e. The summed E-state index contributed by atoms with van der Waals surface area (Å²) in [5.74, 6) is 0. The van der Waals surface area contributed by atoms with Crippen LogP contribution in [0.3, 0.4) is 0 Å². The van der Waals surface area contributed by atoms with Crippen molar-refractivity contribution in [1.82, 2.24) is 9.97 Å². The number of benzene rings is 2. The Kier molecular flexibility index (Phi) is 5.16. The van der Waals surface area contributed by atoms with Gasteiger partial charge >= 0.3 is 0 Å². The number of hydrogen-bond donors (Lipinski definition) is 2. The molecular weight excluding hydrogens is 400 g/mol. The Morgan fingerprint density at radius 1 is 0.615 bits per heavy atom. The molecule has 0 fully saturated rings. The number of aromatic nitrogens is 2. The lowest BCUT2D eigenvalue weighted by Crippen LogP contribution is -1.83. The van der Waals surface area contributed by atoms with E-state index in [0.717, 1.165) is 30.9 Å². The van der Waals surface area contributed by atoms with Crippen LogP contribution >= 0.6 is 44.3 Å². The first-order valence-corrected chi connectivity index (χ1v) is 11.5. The quantitative estimate of drug-likeness (QED) is 0.396. The van der Waals surface area contributed by atoms with Crippen LogP contribution in [-0.2, 0) is 0 Å². The summed E-state index contributed by atoms with van der Waals surface area (Å²) in [5, 5.41) is 1.14. The zero-order valence-corrected chi connectivity index (χ0v) is 16.7. The summed E-state index contributed by atoms with van der Waals surface area (Å²) in [6, 6.07) is 20.2. The third-order valence-electron chi connectivity index (χ3n) is 3.51. The molecule has 0 aliphatic rings. The normalized spacial score (nSPS) is 10.9. The molecule has 4 N–H and O–H groups in total.